The Kier molecular flexibility index (Phi) is 6.11. The normalized spacial score (nSPS) is 11.8. The molecule has 0 saturated carbocycles. The van der Waals surface area contributed by atoms with E-state index in [1.807, 2.05) is 69.5 Å². The monoisotopic (exact) mass is 329 g/mol. The number of anilines is 1. The SMILES string of the molecule is CC[C@H](Oc1cccc(C)c1C)C(=O)Nc1cccc(SC)c1. The highest BCUT2D eigenvalue weighted by molar-refractivity contribution is 7.98. The molecule has 0 bridgehead atoms. The van der Waals surface area contributed by atoms with Gasteiger partial charge in [0, 0.05) is 10.6 Å². The first-order chi connectivity index (χ1) is 11.0. The number of carbonyl (C=O) groups is 1. The second-order valence-electron chi connectivity index (χ2n) is 5.43. The first-order valence-corrected chi connectivity index (χ1v) is 8.95. The molecule has 0 heterocycles. The van der Waals surface area contributed by atoms with E-state index in [4.69, 9.17) is 4.74 Å². The highest BCUT2D eigenvalue weighted by Gasteiger charge is 2.19. The summed E-state index contributed by atoms with van der Waals surface area (Å²) in [5.74, 6) is 0.650. The van der Waals surface area contributed by atoms with Crippen molar-refractivity contribution in [1.82, 2.24) is 0 Å². The number of rotatable bonds is 6. The number of aryl methyl sites for hydroxylation is 1. The van der Waals surface area contributed by atoms with Gasteiger partial charge in [0.05, 0.1) is 0 Å². The third-order valence-electron chi connectivity index (χ3n) is 3.82. The van der Waals surface area contributed by atoms with Crippen molar-refractivity contribution in [3.63, 3.8) is 0 Å². The van der Waals surface area contributed by atoms with Gasteiger partial charge in [0.1, 0.15) is 5.75 Å². The zero-order valence-corrected chi connectivity index (χ0v) is 14.9. The molecular formula is C19H23NO2S. The first-order valence-electron chi connectivity index (χ1n) is 7.73. The van der Waals surface area contributed by atoms with E-state index in [1.54, 1.807) is 11.8 Å². The van der Waals surface area contributed by atoms with E-state index >= 15 is 0 Å². The van der Waals surface area contributed by atoms with Gasteiger partial charge in [0.15, 0.2) is 6.10 Å². The maximum atomic E-state index is 12.5. The molecule has 23 heavy (non-hydrogen) atoms. The summed E-state index contributed by atoms with van der Waals surface area (Å²) in [6.07, 6.45) is 2.12. The second-order valence-corrected chi connectivity index (χ2v) is 6.31. The highest BCUT2D eigenvalue weighted by atomic mass is 32.2. The van der Waals surface area contributed by atoms with E-state index in [2.05, 4.69) is 5.32 Å². The number of carbonyl (C=O) groups excluding carboxylic acids is 1. The lowest BCUT2D eigenvalue weighted by molar-refractivity contribution is -0.122. The lowest BCUT2D eigenvalue weighted by atomic mass is 10.1. The lowest BCUT2D eigenvalue weighted by Gasteiger charge is -2.19. The van der Waals surface area contributed by atoms with Crippen LogP contribution < -0.4 is 10.1 Å². The zero-order chi connectivity index (χ0) is 16.8. The fourth-order valence-electron chi connectivity index (χ4n) is 2.25. The Morgan fingerprint density at radius 2 is 1.96 bits per heavy atom. The summed E-state index contributed by atoms with van der Waals surface area (Å²) in [4.78, 5) is 13.6. The number of amides is 1. The van der Waals surface area contributed by atoms with Gasteiger partial charge in [-0.05, 0) is 61.9 Å². The Morgan fingerprint density at radius 3 is 2.65 bits per heavy atom. The van der Waals surface area contributed by atoms with E-state index in [9.17, 15) is 4.79 Å². The molecule has 0 fully saturated rings. The van der Waals surface area contributed by atoms with Crippen molar-refractivity contribution in [2.45, 2.75) is 38.2 Å². The number of ether oxygens (including phenoxy) is 1. The number of hydrogen-bond acceptors (Lipinski definition) is 3. The molecule has 0 radical (unpaired) electrons. The third-order valence-corrected chi connectivity index (χ3v) is 4.55. The van der Waals surface area contributed by atoms with Crippen LogP contribution in [0.25, 0.3) is 0 Å². The van der Waals surface area contributed by atoms with Crippen LogP contribution in [0.15, 0.2) is 47.4 Å². The molecule has 2 rings (SSSR count). The van der Waals surface area contributed by atoms with Gasteiger partial charge in [-0.25, -0.2) is 0 Å². The standard InChI is InChI=1S/C19H23NO2S/c1-5-17(22-18-11-6-8-13(2)14(18)3)19(21)20-15-9-7-10-16(12-15)23-4/h6-12,17H,5H2,1-4H3,(H,20,21)/t17-/m0/s1. The summed E-state index contributed by atoms with van der Waals surface area (Å²) in [5, 5.41) is 2.94. The van der Waals surface area contributed by atoms with Crippen LogP contribution in [0.1, 0.15) is 24.5 Å². The van der Waals surface area contributed by atoms with Crippen LogP contribution in [0.4, 0.5) is 5.69 Å². The summed E-state index contributed by atoms with van der Waals surface area (Å²) in [6.45, 7) is 6.00. The molecular weight excluding hydrogens is 306 g/mol. The molecule has 0 saturated heterocycles. The molecule has 0 aromatic heterocycles. The maximum Gasteiger partial charge on any atom is 0.265 e. The van der Waals surface area contributed by atoms with Crippen molar-refractivity contribution in [3.05, 3.63) is 53.6 Å². The topological polar surface area (TPSA) is 38.3 Å². The molecule has 0 aliphatic heterocycles. The van der Waals surface area contributed by atoms with E-state index in [0.29, 0.717) is 6.42 Å². The van der Waals surface area contributed by atoms with Crippen LogP contribution in [0.5, 0.6) is 5.75 Å². The van der Waals surface area contributed by atoms with Crippen LogP contribution in [-0.4, -0.2) is 18.3 Å². The molecule has 1 N–H and O–H groups in total. The van der Waals surface area contributed by atoms with Crippen molar-refractivity contribution in [2.24, 2.45) is 0 Å². The summed E-state index contributed by atoms with van der Waals surface area (Å²) in [6, 6.07) is 13.7. The average Bonchev–Trinajstić information content (AvgIpc) is 2.56. The summed E-state index contributed by atoms with van der Waals surface area (Å²) < 4.78 is 5.95. The van der Waals surface area contributed by atoms with E-state index in [0.717, 1.165) is 27.5 Å². The molecule has 2 aromatic rings. The Bertz CT molecular complexity index is 685. The van der Waals surface area contributed by atoms with Gasteiger partial charge in [-0.15, -0.1) is 11.8 Å². The Hall–Kier alpha value is -1.94. The zero-order valence-electron chi connectivity index (χ0n) is 14.1. The van der Waals surface area contributed by atoms with E-state index in [-0.39, 0.29) is 5.91 Å². The van der Waals surface area contributed by atoms with Crippen LogP contribution in [0.3, 0.4) is 0 Å². The smallest absolute Gasteiger partial charge is 0.265 e. The van der Waals surface area contributed by atoms with Gasteiger partial charge in [0.2, 0.25) is 0 Å². The number of nitrogens with one attached hydrogen (secondary N) is 1. The maximum absolute atomic E-state index is 12.5. The quantitative estimate of drug-likeness (QED) is 0.772. The number of thioether (sulfide) groups is 1. The molecule has 122 valence electrons. The molecule has 3 nitrogen and oxygen atoms in total. The predicted octanol–water partition coefficient (Wildman–Crippen LogP) is 4.82. The number of benzene rings is 2. The largest absolute Gasteiger partial charge is 0.480 e. The van der Waals surface area contributed by atoms with Gasteiger partial charge in [-0.1, -0.05) is 25.1 Å². The minimum Gasteiger partial charge on any atom is -0.480 e. The van der Waals surface area contributed by atoms with Crippen LogP contribution >= 0.6 is 11.8 Å². The summed E-state index contributed by atoms with van der Waals surface area (Å²) in [7, 11) is 0. The van der Waals surface area contributed by atoms with Gasteiger partial charge < -0.3 is 10.1 Å². The van der Waals surface area contributed by atoms with Gasteiger partial charge in [-0.3, -0.25) is 4.79 Å². The van der Waals surface area contributed by atoms with Crippen molar-refractivity contribution >= 4 is 23.4 Å². The number of hydrogen-bond donors (Lipinski definition) is 1. The lowest BCUT2D eigenvalue weighted by Crippen LogP contribution is -2.32. The molecule has 4 heteroatoms. The Balaban J connectivity index is 2.10. The predicted molar refractivity (Wildman–Crippen MR) is 97.5 cm³/mol. The highest BCUT2D eigenvalue weighted by Crippen LogP contribution is 2.23. The molecule has 0 unspecified atom stereocenters. The molecule has 0 aliphatic carbocycles. The molecule has 1 atom stereocenters. The molecule has 1 amide bonds. The molecule has 0 spiro atoms. The summed E-state index contributed by atoms with van der Waals surface area (Å²) >= 11 is 1.65. The Morgan fingerprint density at radius 1 is 1.22 bits per heavy atom. The first kappa shape index (κ1) is 17.4. The van der Waals surface area contributed by atoms with Crippen molar-refractivity contribution < 1.29 is 9.53 Å². The van der Waals surface area contributed by atoms with Gasteiger partial charge >= 0.3 is 0 Å². The van der Waals surface area contributed by atoms with Crippen LogP contribution in [-0.2, 0) is 4.79 Å². The van der Waals surface area contributed by atoms with Gasteiger partial charge in [-0.2, -0.15) is 0 Å². The van der Waals surface area contributed by atoms with Crippen molar-refractivity contribution in [1.29, 1.82) is 0 Å². The van der Waals surface area contributed by atoms with Crippen LogP contribution in [0.2, 0.25) is 0 Å². The minimum atomic E-state index is -0.506. The van der Waals surface area contributed by atoms with E-state index in [1.165, 1.54) is 0 Å². The fourth-order valence-corrected chi connectivity index (χ4v) is 2.71. The fraction of sp³-hybridized carbons (Fsp3) is 0.316. The molecule has 0 aliphatic rings. The minimum absolute atomic E-state index is 0.119. The second kappa shape index (κ2) is 8.06. The van der Waals surface area contributed by atoms with Crippen molar-refractivity contribution in [2.75, 3.05) is 11.6 Å². The Labute approximate surface area is 142 Å². The van der Waals surface area contributed by atoms with Crippen LogP contribution in [0, 0.1) is 13.8 Å². The average molecular weight is 329 g/mol. The van der Waals surface area contributed by atoms with Gasteiger partial charge in [0.25, 0.3) is 5.91 Å². The van der Waals surface area contributed by atoms with Crippen molar-refractivity contribution in [3.8, 4) is 5.75 Å². The van der Waals surface area contributed by atoms with E-state index < -0.39 is 6.10 Å². The summed E-state index contributed by atoms with van der Waals surface area (Å²) in [5.41, 5.74) is 3.03. The third kappa shape index (κ3) is 4.52. The molecule has 2 aromatic carbocycles.